The lowest BCUT2D eigenvalue weighted by atomic mass is 9.79. The Kier molecular flexibility index (Phi) is 6.47. The maximum atomic E-state index is 13.0. The standard InChI is InChI=1S/C22H23N3O2.C2H6/c1-14-7-9-18(15(2)11-14)16-8-10-19-17(12-16)13-23-25(22(19)26)20-5-4-6-21(24-20)27-3;1-2/h4-7,9,11,13,16H,8,10,12H2,1-3H3;1-2H3. The second-order valence-electron chi connectivity index (χ2n) is 7.20. The lowest BCUT2D eigenvalue weighted by molar-refractivity contribution is 0.396. The molecule has 0 saturated heterocycles. The van der Waals surface area contributed by atoms with Crippen molar-refractivity contribution in [2.75, 3.05) is 7.11 Å². The predicted octanol–water partition coefficient (Wildman–Crippen LogP) is 4.55. The first-order valence-electron chi connectivity index (χ1n) is 10.3. The number of hydrogen-bond acceptors (Lipinski definition) is 4. The molecule has 4 rings (SSSR count). The Morgan fingerprint density at radius 2 is 1.93 bits per heavy atom. The summed E-state index contributed by atoms with van der Waals surface area (Å²) in [4.78, 5) is 17.3. The summed E-state index contributed by atoms with van der Waals surface area (Å²) in [7, 11) is 1.56. The highest BCUT2D eigenvalue weighted by molar-refractivity contribution is 5.38. The normalized spacial score (nSPS) is 15.1. The number of aryl methyl sites for hydroxylation is 2. The van der Waals surface area contributed by atoms with E-state index in [2.05, 4.69) is 42.1 Å². The average Bonchev–Trinajstić information content (AvgIpc) is 2.75. The smallest absolute Gasteiger partial charge is 0.276 e. The third-order valence-electron chi connectivity index (χ3n) is 5.38. The molecule has 1 aromatic carbocycles. The zero-order valence-electron chi connectivity index (χ0n) is 17.9. The van der Waals surface area contributed by atoms with Crippen LogP contribution in [0.4, 0.5) is 0 Å². The molecule has 1 unspecified atom stereocenters. The number of fused-ring (bicyclic) bond motifs is 1. The van der Waals surface area contributed by atoms with Crippen LogP contribution in [0.1, 0.15) is 54.0 Å². The molecule has 152 valence electrons. The maximum Gasteiger partial charge on any atom is 0.276 e. The Labute approximate surface area is 172 Å². The van der Waals surface area contributed by atoms with Crippen molar-refractivity contribution < 1.29 is 4.74 Å². The maximum absolute atomic E-state index is 13.0. The van der Waals surface area contributed by atoms with Crippen molar-refractivity contribution in [3.05, 3.63) is 80.8 Å². The van der Waals surface area contributed by atoms with Crippen LogP contribution in [0.3, 0.4) is 0 Å². The fourth-order valence-electron chi connectivity index (χ4n) is 4.00. The molecule has 3 aromatic rings. The largest absolute Gasteiger partial charge is 0.481 e. The second kappa shape index (κ2) is 9.03. The lowest BCUT2D eigenvalue weighted by Crippen LogP contribution is -2.30. The first-order chi connectivity index (χ1) is 14.1. The number of pyridine rings is 1. The summed E-state index contributed by atoms with van der Waals surface area (Å²) < 4.78 is 6.53. The average molecular weight is 392 g/mol. The topological polar surface area (TPSA) is 57.0 Å². The molecule has 0 radical (unpaired) electrons. The zero-order chi connectivity index (χ0) is 21.0. The highest BCUT2D eigenvalue weighted by Crippen LogP contribution is 2.33. The van der Waals surface area contributed by atoms with Crippen LogP contribution in [0.15, 0.2) is 47.4 Å². The van der Waals surface area contributed by atoms with Crippen molar-refractivity contribution in [3.63, 3.8) is 0 Å². The van der Waals surface area contributed by atoms with Gasteiger partial charge in [-0.05, 0) is 61.8 Å². The Hall–Kier alpha value is -2.95. The van der Waals surface area contributed by atoms with Crippen molar-refractivity contribution in [1.29, 1.82) is 0 Å². The fraction of sp³-hybridized carbons (Fsp3) is 0.375. The van der Waals surface area contributed by atoms with E-state index in [4.69, 9.17) is 4.74 Å². The predicted molar refractivity (Wildman–Crippen MR) is 116 cm³/mol. The van der Waals surface area contributed by atoms with Gasteiger partial charge in [-0.1, -0.05) is 43.7 Å². The number of benzene rings is 1. The molecule has 2 heterocycles. The van der Waals surface area contributed by atoms with Gasteiger partial charge in [0, 0.05) is 11.6 Å². The molecule has 0 spiro atoms. The van der Waals surface area contributed by atoms with Crippen molar-refractivity contribution in [2.24, 2.45) is 0 Å². The van der Waals surface area contributed by atoms with E-state index in [9.17, 15) is 4.79 Å². The minimum atomic E-state index is -0.0765. The van der Waals surface area contributed by atoms with Gasteiger partial charge in [-0.3, -0.25) is 4.79 Å². The molecule has 0 amide bonds. The van der Waals surface area contributed by atoms with Crippen LogP contribution >= 0.6 is 0 Å². The number of nitrogens with zero attached hydrogens (tertiary/aromatic N) is 3. The highest BCUT2D eigenvalue weighted by Gasteiger charge is 2.25. The van der Waals surface area contributed by atoms with E-state index in [0.29, 0.717) is 17.6 Å². The van der Waals surface area contributed by atoms with Crippen molar-refractivity contribution in [3.8, 4) is 11.7 Å². The van der Waals surface area contributed by atoms with E-state index in [0.717, 1.165) is 30.4 Å². The van der Waals surface area contributed by atoms with E-state index in [1.807, 2.05) is 26.1 Å². The Bertz CT molecular complexity index is 1060. The van der Waals surface area contributed by atoms with Gasteiger partial charge >= 0.3 is 0 Å². The van der Waals surface area contributed by atoms with E-state index in [-0.39, 0.29) is 5.56 Å². The van der Waals surface area contributed by atoms with Crippen LogP contribution in [0, 0.1) is 13.8 Å². The van der Waals surface area contributed by atoms with Gasteiger partial charge in [0.05, 0.1) is 13.3 Å². The molecule has 29 heavy (non-hydrogen) atoms. The van der Waals surface area contributed by atoms with Gasteiger partial charge in [0.1, 0.15) is 0 Å². The fourth-order valence-corrected chi connectivity index (χ4v) is 4.00. The third kappa shape index (κ3) is 4.24. The SMILES string of the molecule is CC.COc1cccc(-n2ncc3c(c2=O)CCC(c2ccc(C)cc2C)C3)n1. The molecule has 1 aliphatic rings. The number of aromatic nitrogens is 3. The van der Waals surface area contributed by atoms with Crippen molar-refractivity contribution >= 4 is 0 Å². The van der Waals surface area contributed by atoms with E-state index in [1.54, 1.807) is 19.2 Å². The van der Waals surface area contributed by atoms with Gasteiger partial charge < -0.3 is 4.74 Å². The van der Waals surface area contributed by atoms with Gasteiger partial charge in [-0.15, -0.1) is 0 Å². The van der Waals surface area contributed by atoms with Crippen LogP contribution in [-0.4, -0.2) is 21.9 Å². The minimum Gasteiger partial charge on any atom is -0.481 e. The molecule has 5 heteroatoms. The van der Waals surface area contributed by atoms with E-state index >= 15 is 0 Å². The molecule has 0 saturated carbocycles. The number of ether oxygens (including phenoxy) is 1. The van der Waals surface area contributed by atoms with Crippen LogP contribution in [0.2, 0.25) is 0 Å². The van der Waals surface area contributed by atoms with E-state index < -0.39 is 0 Å². The first kappa shape index (κ1) is 20.8. The lowest BCUT2D eigenvalue weighted by Gasteiger charge is -2.26. The van der Waals surface area contributed by atoms with Crippen LogP contribution < -0.4 is 10.3 Å². The molecule has 1 aliphatic carbocycles. The molecular formula is C24H29N3O2. The van der Waals surface area contributed by atoms with Crippen LogP contribution in [0.25, 0.3) is 5.82 Å². The summed E-state index contributed by atoms with van der Waals surface area (Å²) in [6.07, 6.45) is 4.42. The molecule has 0 aliphatic heterocycles. The van der Waals surface area contributed by atoms with Crippen LogP contribution in [-0.2, 0) is 12.8 Å². The summed E-state index contributed by atoms with van der Waals surface area (Å²) in [5.74, 6) is 1.39. The molecule has 1 atom stereocenters. The van der Waals surface area contributed by atoms with Gasteiger partial charge in [0.2, 0.25) is 5.88 Å². The Balaban J connectivity index is 0.00000117. The zero-order valence-corrected chi connectivity index (χ0v) is 17.9. The Morgan fingerprint density at radius 1 is 1.14 bits per heavy atom. The molecule has 0 bridgehead atoms. The Morgan fingerprint density at radius 3 is 2.66 bits per heavy atom. The summed E-state index contributed by atoms with van der Waals surface area (Å²) in [6.45, 7) is 8.29. The summed E-state index contributed by atoms with van der Waals surface area (Å²) in [5, 5.41) is 4.39. The van der Waals surface area contributed by atoms with Gasteiger partial charge in [0.15, 0.2) is 5.82 Å². The number of rotatable bonds is 3. The number of hydrogen-bond donors (Lipinski definition) is 0. The summed E-state index contributed by atoms with van der Waals surface area (Å²) >= 11 is 0. The van der Waals surface area contributed by atoms with Gasteiger partial charge in [0.25, 0.3) is 5.56 Å². The summed E-state index contributed by atoms with van der Waals surface area (Å²) in [6, 6.07) is 12.0. The van der Waals surface area contributed by atoms with Crippen LogP contribution in [0.5, 0.6) is 5.88 Å². The molecule has 5 nitrogen and oxygen atoms in total. The second-order valence-corrected chi connectivity index (χ2v) is 7.20. The molecular weight excluding hydrogens is 362 g/mol. The van der Waals surface area contributed by atoms with Crippen molar-refractivity contribution in [1.82, 2.24) is 14.8 Å². The third-order valence-corrected chi connectivity index (χ3v) is 5.38. The molecule has 0 N–H and O–H groups in total. The highest BCUT2D eigenvalue weighted by atomic mass is 16.5. The quantitative estimate of drug-likeness (QED) is 0.657. The number of methoxy groups -OCH3 is 1. The first-order valence-corrected chi connectivity index (χ1v) is 10.3. The van der Waals surface area contributed by atoms with Crippen molar-refractivity contribution in [2.45, 2.75) is 52.9 Å². The monoisotopic (exact) mass is 391 g/mol. The molecule has 0 fully saturated rings. The summed E-state index contributed by atoms with van der Waals surface area (Å²) in [5.41, 5.74) is 5.82. The van der Waals surface area contributed by atoms with Gasteiger partial charge in [-0.2, -0.15) is 14.8 Å². The minimum absolute atomic E-state index is 0.0765. The van der Waals surface area contributed by atoms with E-state index in [1.165, 1.54) is 21.4 Å². The molecule has 2 aromatic heterocycles. The van der Waals surface area contributed by atoms with Gasteiger partial charge in [-0.25, -0.2) is 0 Å².